The molecule has 2 aromatic rings. The van der Waals surface area contributed by atoms with Gasteiger partial charge in [0.2, 0.25) is 22.6 Å². The van der Waals surface area contributed by atoms with Gasteiger partial charge in [0, 0.05) is 29.6 Å². The van der Waals surface area contributed by atoms with Crippen LogP contribution in [0, 0.1) is 5.41 Å². The number of fused-ring (bicyclic) bond motifs is 1. The van der Waals surface area contributed by atoms with Crippen molar-refractivity contribution < 1.29 is 29.4 Å². The normalized spacial score (nSPS) is 23.7. The zero-order valence-electron chi connectivity index (χ0n) is 18.8. The number of nitrogens with two attached hydrogens (primary N) is 1. The molecule has 4 heterocycles. The van der Waals surface area contributed by atoms with E-state index in [-0.39, 0.29) is 54.5 Å². The summed E-state index contributed by atoms with van der Waals surface area (Å²) in [5, 5.41) is 36.8. The number of aliphatic carboxylic acids is 1. The molecule has 19 heteroatoms. The van der Waals surface area contributed by atoms with Crippen LogP contribution in [-0.4, -0.2) is 111 Å². The van der Waals surface area contributed by atoms with Crippen molar-refractivity contribution >= 4 is 63.7 Å². The van der Waals surface area contributed by atoms with Gasteiger partial charge in [0.05, 0.1) is 13.2 Å². The number of nitrogen functional groups attached to an aromatic ring is 1. The number of tetrazole rings is 1. The molecular formula is C17H22N10O6S3. The van der Waals surface area contributed by atoms with Crippen molar-refractivity contribution in [1.82, 2.24) is 39.8 Å². The summed E-state index contributed by atoms with van der Waals surface area (Å²) >= 11 is 3.29. The van der Waals surface area contributed by atoms with Crippen molar-refractivity contribution in [3.63, 3.8) is 0 Å². The highest BCUT2D eigenvalue weighted by Gasteiger charge is 2.57. The number of rotatable bonds is 11. The smallest absolute Gasteiger partial charge is 0.313 e. The van der Waals surface area contributed by atoms with Gasteiger partial charge in [-0.15, -0.1) is 16.9 Å². The van der Waals surface area contributed by atoms with E-state index in [1.807, 2.05) is 0 Å². The lowest BCUT2D eigenvalue weighted by Crippen LogP contribution is -2.74. The molecular weight excluding hydrogens is 536 g/mol. The van der Waals surface area contributed by atoms with Crippen molar-refractivity contribution in [2.24, 2.45) is 10.6 Å². The summed E-state index contributed by atoms with van der Waals surface area (Å²) in [7, 11) is 0. The van der Waals surface area contributed by atoms with E-state index >= 15 is 0 Å². The second-order valence-corrected chi connectivity index (χ2v) is 10.5. The van der Waals surface area contributed by atoms with E-state index in [9.17, 15) is 19.5 Å². The molecule has 2 amide bonds. The van der Waals surface area contributed by atoms with E-state index in [1.165, 1.54) is 21.3 Å². The Morgan fingerprint density at radius 1 is 1.44 bits per heavy atom. The highest BCUT2D eigenvalue weighted by Crippen LogP contribution is 2.44. The maximum Gasteiger partial charge on any atom is 0.313 e. The Balaban J connectivity index is 1.42. The van der Waals surface area contributed by atoms with Crippen LogP contribution in [0.25, 0.3) is 0 Å². The summed E-state index contributed by atoms with van der Waals surface area (Å²) in [6.07, 6.45) is 0. The fourth-order valence-corrected chi connectivity index (χ4v) is 6.70. The highest BCUT2D eigenvalue weighted by atomic mass is 32.2. The molecule has 2 aliphatic rings. The first-order chi connectivity index (χ1) is 17.3. The van der Waals surface area contributed by atoms with Gasteiger partial charge in [-0.1, -0.05) is 16.9 Å². The number of amides is 2. The zero-order valence-corrected chi connectivity index (χ0v) is 21.3. The van der Waals surface area contributed by atoms with Gasteiger partial charge in [-0.25, -0.2) is 4.68 Å². The SMILES string of the molecule is CCON=C(C(=O)NC1C(=O)N2CC(CSc3nnnn3CCO)(C(=O)O)CS[C@H]12)c1nsc(N)n1. The van der Waals surface area contributed by atoms with Crippen LogP contribution >= 0.6 is 35.1 Å². The lowest BCUT2D eigenvalue weighted by Gasteiger charge is -2.53. The highest BCUT2D eigenvalue weighted by molar-refractivity contribution is 8.00. The number of hydrogen-bond acceptors (Lipinski definition) is 15. The average molecular weight is 559 g/mol. The van der Waals surface area contributed by atoms with Gasteiger partial charge in [-0.2, -0.15) is 9.36 Å². The van der Waals surface area contributed by atoms with E-state index in [4.69, 9.17) is 15.7 Å². The maximum atomic E-state index is 12.9. The molecule has 16 nitrogen and oxygen atoms in total. The molecule has 0 bridgehead atoms. The second-order valence-electron chi connectivity index (χ2n) is 7.72. The lowest BCUT2D eigenvalue weighted by molar-refractivity contribution is -0.157. The lowest BCUT2D eigenvalue weighted by atomic mass is 9.89. The fraction of sp³-hybridized carbons (Fsp3) is 0.588. The van der Waals surface area contributed by atoms with Crippen LogP contribution in [0.2, 0.25) is 0 Å². The molecule has 2 unspecified atom stereocenters. The van der Waals surface area contributed by atoms with Crippen molar-refractivity contribution in [2.45, 2.75) is 30.0 Å². The molecule has 36 heavy (non-hydrogen) atoms. The van der Waals surface area contributed by atoms with Crippen LogP contribution in [0.15, 0.2) is 10.3 Å². The Morgan fingerprint density at radius 3 is 2.92 bits per heavy atom. The first kappa shape index (κ1) is 26.0. The average Bonchev–Trinajstić information content (AvgIpc) is 3.50. The number of nitrogens with zero attached hydrogens (tertiary/aromatic N) is 8. The van der Waals surface area contributed by atoms with Crippen LogP contribution in [0.5, 0.6) is 0 Å². The number of aromatic nitrogens is 6. The first-order valence-electron chi connectivity index (χ1n) is 10.6. The Kier molecular flexibility index (Phi) is 7.91. The molecule has 4 rings (SSSR count). The third-order valence-corrected chi connectivity index (χ3v) is 8.70. The predicted molar refractivity (Wildman–Crippen MR) is 128 cm³/mol. The van der Waals surface area contributed by atoms with E-state index < -0.39 is 34.6 Å². The van der Waals surface area contributed by atoms with Gasteiger partial charge in [-0.3, -0.25) is 14.4 Å². The number of carboxylic acids is 1. The van der Waals surface area contributed by atoms with E-state index in [0.717, 1.165) is 23.3 Å². The minimum Gasteiger partial charge on any atom is -0.481 e. The van der Waals surface area contributed by atoms with E-state index in [0.29, 0.717) is 5.16 Å². The quantitative estimate of drug-likeness (QED) is 0.102. The minimum atomic E-state index is -1.25. The molecule has 2 fully saturated rings. The molecule has 0 saturated carbocycles. The standard InChI is InChI=1S/C17H22N10O6S3/c1-2-33-22-8(10-20-15(18)36-23-10)11(29)19-9-12(30)26-5-17(14(31)32,6-34-13(9)26)7-35-16-21-24-25-27(16)3-4-28/h9,13,28H,2-7H2,1H3,(H,19,29)(H,31,32)(H2,18,20,23)/t9?,13-,17?/m1/s1. The van der Waals surface area contributed by atoms with E-state index in [1.54, 1.807) is 6.92 Å². The number of hydrogen-bond donors (Lipinski definition) is 4. The zero-order chi connectivity index (χ0) is 25.9. The molecule has 0 aromatic carbocycles. The van der Waals surface area contributed by atoms with Crippen LogP contribution in [0.1, 0.15) is 12.7 Å². The van der Waals surface area contributed by atoms with Crippen molar-refractivity contribution in [3.8, 4) is 0 Å². The number of thioether (sulfide) groups is 2. The number of carboxylic acid groups (broad SMARTS) is 1. The van der Waals surface area contributed by atoms with Crippen LogP contribution < -0.4 is 11.1 Å². The summed E-state index contributed by atoms with van der Waals surface area (Å²) in [4.78, 5) is 48.4. The molecule has 0 spiro atoms. The summed E-state index contributed by atoms with van der Waals surface area (Å²) in [5.41, 5.74) is 4.13. The Labute approximate surface area is 216 Å². The number of nitrogens with one attached hydrogen (secondary N) is 1. The number of carbonyl (C=O) groups excluding carboxylic acids is 2. The van der Waals surface area contributed by atoms with Gasteiger partial charge in [0.1, 0.15) is 23.4 Å². The summed E-state index contributed by atoms with van der Waals surface area (Å²) in [6.45, 7) is 1.86. The van der Waals surface area contributed by atoms with Gasteiger partial charge >= 0.3 is 5.97 Å². The van der Waals surface area contributed by atoms with Crippen molar-refractivity contribution in [1.29, 1.82) is 0 Å². The topological polar surface area (TPSA) is 224 Å². The summed E-state index contributed by atoms with van der Waals surface area (Å²) < 4.78 is 5.36. The van der Waals surface area contributed by atoms with Crippen molar-refractivity contribution in [2.75, 3.05) is 37.0 Å². The van der Waals surface area contributed by atoms with E-state index in [2.05, 4.69) is 35.4 Å². The molecule has 5 N–H and O–H groups in total. The molecule has 3 atom stereocenters. The Morgan fingerprint density at radius 2 is 2.25 bits per heavy atom. The molecule has 2 aliphatic heterocycles. The number of β-lactam (4-membered cyclic amide) rings is 1. The van der Waals surface area contributed by atoms with Crippen molar-refractivity contribution in [3.05, 3.63) is 5.82 Å². The van der Waals surface area contributed by atoms with Gasteiger partial charge < -0.3 is 31.0 Å². The Bertz CT molecular complexity index is 1170. The summed E-state index contributed by atoms with van der Waals surface area (Å²) in [6, 6.07) is -0.874. The monoisotopic (exact) mass is 558 g/mol. The third-order valence-electron chi connectivity index (χ3n) is 5.33. The largest absolute Gasteiger partial charge is 0.481 e. The molecule has 194 valence electrons. The number of anilines is 1. The number of aliphatic hydroxyl groups is 1. The minimum absolute atomic E-state index is 0.0196. The maximum absolute atomic E-state index is 12.9. The first-order valence-corrected chi connectivity index (χ1v) is 13.4. The van der Waals surface area contributed by atoms with Crippen LogP contribution in [0.4, 0.5) is 5.13 Å². The fourth-order valence-electron chi connectivity index (χ4n) is 3.50. The number of aliphatic hydroxyl groups excluding tert-OH is 1. The number of oxime groups is 1. The predicted octanol–water partition coefficient (Wildman–Crippen LogP) is -1.90. The molecule has 2 saturated heterocycles. The Hall–Kier alpha value is -3.03. The number of carbonyl (C=O) groups is 3. The van der Waals surface area contributed by atoms with Gasteiger partial charge in [0.15, 0.2) is 5.13 Å². The van der Waals surface area contributed by atoms with Gasteiger partial charge in [0.25, 0.3) is 5.91 Å². The van der Waals surface area contributed by atoms with Crippen LogP contribution in [-0.2, 0) is 25.8 Å². The molecule has 2 aromatic heterocycles. The molecule has 0 aliphatic carbocycles. The van der Waals surface area contributed by atoms with Gasteiger partial charge in [-0.05, 0) is 17.4 Å². The summed E-state index contributed by atoms with van der Waals surface area (Å²) in [5.74, 6) is -1.89. The second kappa shape index (κ2) is 10.9. The third kappa shape index (κ3) is 5.08. The molecule has 0 radical (unpaired) electrons. The van der Waals surface area contributed by atoms with Crippen LogP contribution in [0.3, 0.4) is 0 Å².